The van der Waals surface area contributed by atoms with E-state index in [2.05, 4.69) is 27.2 Å². The van der Waals surface area contributed by atoms with Crippen molar-refractivity contribution in [3.8, 4) is 22.5 Å². The van der Waals surface area contributed by atoms with E-state index in [1.807, 2.05) is 18.3 Å². The predicted molar refractivity (Wildman–Crippen MR) is 108 cm³/mol. The molecule has 0 bridgehead atoms. The summed E-state index contributed by atoms with van der Waals surface area (Å²) < 4.78 is 15.9. The van der Waals surface area contributed by atoms with Gasteiger partial charge in [0.1, 0.15) is 5.82 Å². The van der Waals surface area contributed by atoms with Gasteiger partial charge in [-0.15, -0.1) is 0 Å². The first kappa shape index (κ1) is 16.9. The zero-order chi connectivity index (χ0) is 19.8. The van der Waals surface area contributed by atoms with Gasteiger partial charge in [-0.3, -0.25) is 9.78 Å². The molecule has 1 aliphatic carbocycles. The summed E-state index contributed by atoms with van der Waals surface area (Å²) in [6, 6.07) is 8.57. The topological polar surface area (TPSA) is 59.0 Å². The van der Waals surface area contributed by atoms with Gasteiger partial charge >= 0.3 is 0 Å². The van der Waals surface area contributed by atoms with Crippen molar-refractivity contribution in [1.29, 1.82) is 0 Å². The van der Waals surface area contributed by atoms with Gasteiger partial charge in [-0.05, 0) is 42.2 Å². The van der Waals surface area contributed by atoms with E-state index in [9.17, 15) is 9.18 Å². The summed E-state index contributed by atoms with van der Waals surface area (Å²) in [5.41, 5.74) is 7.86. The lowest BCUT2D eigenvalue weighted by Gasteiger charge is -2.45. The molecule has 5 nitrogen and oxygen atoms in total. The first-order valence-electron chi connectivity index (χ1n) is 10.0. The number of rotatable bonds is 1. The second-order valence-corrected chi connectivity index (χ2v) is 8.46. The smallest absolute Gasteiger partial charge is 0.253 e. The van der Waals surface area contributed by atoms with Gasteiger partial charge in [0.05, 0.1) is 22.5 Å². The van der Waals surface area contributed by atoms with Crippen LogP contribution in [0.5, 0.6) is 0 Å². The van der Waals surface area contributed by atoms with Crippen molar-refractivity contribution in [2.45, 2.75) is 24.8 Å². The van der Waals surface area contributed by atoms with Gasteiger partial charge in [-0.25, -0.2) is 4.39 Å². The molecule has 0 radical (unpaired) electrons. The van der Waals surface area contributed by atoms with Crippen molar-refractivity contribution < 1.29 is 9.18 Å². The largest absolute Gasteiger partial charge is 0.347 e. The van der Waals surface area contributed by atoms with Crippen LogP contribution in [0.15, 0.2) is 36.5 Å². The molecule has 1 spiro atoms. The van der Waals surface area contributed by atoms with E-state index >= 15 is 0 Å². The third kappa shape index (κ3) is 2.35. The number of hydrogen-bond donors (Lipinski definition) is 2. The van der Waals surface area contributed by atoms with Crippen LogP contribution >= 0.6 is 0 Å². The van der Waals surface area contributed by atoms with E-state index in [0.717, 1.165) is 71.7 Å². The lowest BCUT2D eigenvalue weighted by molar-refractivity contribution is 0.0824. The highest BCUT2D eigenvalue weighted by molar-refractivity contribution is 6.01. The standard InChI is InChI=1S/C23H21FN4O/c1-28-19-9-23(11-25-12-23)27-22(29)20(19)16-6-5-14-10-26-18(8-17(14)21(16)28)13-3-2-4-15(24)7-13/h2-4,7-8,10,25H,5-6,9,11-12H2,1H3,(H,27,29). The maximum atomic E-state index is 13.7. The van der Waals surface area contributed by atoms with Crippen molar-refractivity contribution in [2.75, 3.05) is 13.1 Å². The van der Waals surface area contributed by atoms with E-state index in [1.54, 1.807) is 6.07 Å². The Hall–Kier alpha value is -2.99. The van der Waals surface area contributed by atoms with Crippen LogP contribution in [-0.4, -0.2) is 34.1 Å². The molecule has 1 saturated heterocycles. The fraction of sp³-hybridized carbons (Fsp3) is 0.304. The Morgan fingerprint density at radius 3 is 2.83 bits per heavy atom. The average molecular weight is 388 g/mol. The molecular formula is C23H21FN4O. The molecule has 6 heteroatoms. The first-order chi connectivity index (χ1) is 14.0. The molecule has 2 aromatic heterocycles. The fourth-order valence-corrected chi connectivity index (χ4v) is 5.14. The van der Waals surface area contributed by atoms with E-state index < -0.39 is 0 Å². The maximum absolute atomic E-state index is 13.7. The van der Waals surface area contributed by atoms with Gasteiger partial charge in [0.25, 0.3) is 5.91 Å². The van der Waals surface area contributed by atoms with Crippen molar-refractivity contribution >= 4 is 5.91 Å². The predicted octanol–water partition coefficient (Wildman–Crippen LogP) is 2.62. The molecule has 4 heterocycles. The Bertz CT molecular complexity index is 1190. The van der Waals surface area contributed by atoms with Crippen LogP contribution in [-0.2, 0) is 26.3 Å². The summed E-state index contributed by atoms with van der Waals surface area (Å²) in [5, 5.41) is 6.53. The average Bonchev–Trinajstić information content (AvgIpc) is 2.99. The van der Waals surface area contributed by atoms with E-state index in [4.69, 9.17) is 0 Å². The summed E-state index contributed by atoms with van der Waals surface area (Å²) >= 11 is 0. The Labute approximate surface area is 168 Å². The molecule has 0 saturated carbocycles. The summed E-state index contributed by atoms with van der Waals surface area (Å²) in [6.45, 7) is 1.64. The molecule has 3 aromatic rings. The normalized spacial score (nSPS) is 18.5. The van der Waals surface area contributed by atoms with Crippen LogP contribution in [0.4, 0.5) is 4.39 Å². The third-order valence-electron chi connectivity index (χ3n) is 6.66. The van der Waals surface area contributed by atoms with Gasteiger partial charge in [0.15, 0.2) is 0 Å². The highest BCUT2D eigenvalue weighted by Gasteiger charge is 2.46. The highest BCUT2D eigenvalue weighted by Crippen LogP contribution is 2.42. The number of amides is 1. The number of nitrogens with one attached hydrogen (secondary N) is 2. The molecule has 1 fully saturated rings. The summed E-state index contributed by atoms with van der Waals surface area (Å²) in [5.74, 6) is -0.222. The van der Waals surface area contributed by atoms with Crippen LogP contribution in [0.3, 0.4) is 0 Å². The zero-order valence-corrected chi connectivity index (χ0v) is 16.2. The molecule has 1 amide bonds. The Morgan fingerprint density at radius 1 is 1.21 bits per heavy atom. The van der Waals surface area contributed by atoms with Gasteiger partial charge in [0.2, 0.25) is 0 Å². The van der Waals surface area contributed by atoms with Crippen molar-refractivity contribution in [1.82, 2.24) is 20.2 Å². The SMILES string of the molecule is Cn1c2c(c3c1-c1cc(-c4cccc(F)c4)ncc1CC3)C(=O)NC1(CNC1)C2. The fourth-order valence-electron chi connectivity index (χ4n) is 5.14. The quantitative estimate of drug-likeness (QED) is 0.674. The number of fused-ring (bicyclic) bond motifs is 5. The number of aromatic nitrogens is 2. The summed E-state index contributed by atoms with van der Waals surface area (Å²) in [4.78, 5) is 17.6. The van der Waals surface area contributed by atoms with Crippen molar-refractivity contribution in [2.24, 2.45) is 7.05 Å². The maximum Gasteiger partial charge on any atom is 0.253 e. The van der Waals surface area contributed by atoms with Gasteiger partial charge in [0, 0.05) is 49.6 Å². The zero-order valence-electron chi connectivity index (χ0n) is 16.2. The molecule has 2 N–H and O–H groups in total. The van der Waals surface area contributed by atoms with Gasteiger partial charge < -0.3 is 15.2 Å². The molecule has 0 unspecified atom stereocenters. The highest BCUT2D eigenvalue weighted by atomic mass is 19.1. The number of halogens is 1. The Kier molecular flexibility index (Phi) is 3.36. The van der Waals surface area contributed by atoms with Crippen LogP contribution in [0.25, 0.3) is 22.5 Å². The first-order valence-corrected chi connectivity index (χ1v) is 10.0. The van der Waals surface area contributed by atoms with Gasteiger partial charge in [-0.1, -0.05) is 12.1 Å². The molecule has 3 aliphatic rings. The Balaban J connectivity index is 1.53. The number of carbonyl (C=O) groups excluding carboxylic acids is 1. The van der Waals surface area contributed by atoms with Crippen LogP contribution in [0.1, 0.15) is 27.2 Å². The number of aryl methyl sites for hydroxylation is 1. The monoisotopic (exact) mass is 388 g/mol. The van der Waals surface area contributed by atoms with E-state index in [1.165, 1.54) is 17.7 Å². The molecular weight excluding hydrogens is 367 g/mol. The van der Waals surface area contributed by atoms with Crippen LogP contribution in [0, 0.1) is 5.82 Å². The van der Waals surface area contributed by atoms with E-state index in [-0.39, 0.29) is 17.3 Å². The lowest BCUT2D eigenvalue weighted by atomic mass is 9.81. The minimum atomic E-state index is -0.270. The van der Waals surface area contributed by atoms with Crippen LogP contribution < -0.4 is 10.6 Å². The number of carbonyl (C=O) groups is 1. The molecule has 6 rings (SSSR count). The number of hydrogen-bond acceptors (Lipinski definition) is 3. The number of nitrogens with zero attached hydrogens (tertiary/aromatic N) is 2. The van der Waals surface area contributed by atoms with Gasteiger partial charge in [-0.2, -0.15) is 0 Å². The minimum Gasteiger partial charge on any atom is -0.347 e. The van der Waals surface area contributed by atoms with Crippen molar-refractivity contribution in [3.05, 3.63) is 64.7 Å². The summed E-state index contributed by atoms with van der Waals surface area (Å²) in [7, 11) is 2.06. The van der Waals surface area contributed by atoms with E-state index in [0.29, 0.717) is 0 Å². The lowest BCUT2D eigenvalue weighted by Crippen LogP contribution is -2.71. The van der Waals surface area contributed by atoms with Crippen LogP contribution in [0.2, 0.25) is 0 Å². The second kappa shape index (κ2) is 5.76. The van der Waals surface area contributed by atoms with Crippen molar-refractivity contribution in [3.63, 3.8) is 0 Å². The number of pyridine rings is 1. The second-order valence-electron chi connectivity index (χ2n) is 8.46. The molecule has 0 atom stereocenters. The molecule has 2 aliphatic heterocycles. The minimum absolute atomic E-state index is 0.0486. The summed E-state index contributed by atoms with van der Waals surface area (Å²) in [6.07, 6.45) is 4.45. The third-order valence-corrected chi connectivity index (χ3v) is 6.66. The molecule has 1 aromatic carbocycles. The number of benzene rings is 1. The molecule has 146 valence electrons. The Morgan fingerprint density at radius 2 is 2.07 bits per heavy atom. The molecule has 29 heavy (non-hydrogen) atoms.